The number of hydrogen-bond donors (Lipinski definition) is 2. The highest BCUT2D eigenvalue weighted by Gasteiger charge is 2.28. The lowest BCUT2D eigenvalue weighted by Crippen LogP contribution is -2.44. The molecule has 1 unspecified atom stereocenters. The fourth-order valence-electron chi connectivity index (χ4n) is 3.30. The summed E-state index contributed by atoms with van der Waals surface area (Å²) in [6, 6.07) is 4.18. The number of pyridine rings is 1. The number of hydrogen-bond acceptors (Lipinski definition) is 7. The molecule has 1 aliphatic heterocycles. The number of rotatable bonds is 3. The van der Waals surface area contributed by atoms with Crippen molar-refractivity contribution in [2.24, 2.45) is 0 Å². The number of anilines is 1. The Kier molecular flexibility index (Phi) is 4.21. The molecule has 0 amide bonds. The number of fused-ring (bicyclic) bond motifs is 1. The number of morpholine rings is 1. The van der Waals surface area contributed by atoms with Gasteiger partial charge in [-0.15, -0.1) is 0 Å². The molecule has 1 aliphatic rings. The van der Waals surface area contributed by atoms with Gasteiger partial charge in [0.2, 0.25) is 0 Å². The van der Waals surface area contributed by atoms with E-state index in [2.05, 4.69) is 26.4 Å². The first kappa shape index (κ1) is 17.4. The van der Waals surface area contributed by atoms with Gasteiger partial charge in [0, 0.05) is 12.1 Å². The quantitative estimate of drug-likeness (QED) is 0.734. The van der Waals surface area contributed by atoms with E-state index in [-0.39, 0.29) is 6.04 Å². The van der Waals surface area contributed by atoms with Gasteiger partial charge < -0.3 is 14.7 Å². The number of ether oxygens (including phenoxy) is 1. The second kappa shape index (κ2) is 6.29. The largest absolute Gasteiger partial charge is 0.386 e. The minimum absolute atomic E-state index is 0.229. The Morgan fingerprint density at radius 3 is 2.85 bits per heavy atom. The Morgan fingerprint density at radius 2 is 2.19 bits per heavy atom. The Morgan fingerprint density at radius 1 is 1.38 bits per heavy atom. The maximum absolute atomic E-state index is 10.7. The van der Waals surface area contributed by atoms with Crippen LogP contribution < -0.4 is 4.90 Å². The molecule has 0 radical (unpaired) electrons. The van der Waals surface area contributed by atoms with Gasteiger partial charge in [-0.25, -0.2) is 4.98 Å². The summed E-state index contributed by atoms with van der Waals surface area (Å²) < 4.78 is 11.1. The highest BCUT2D eigenvalue weighted by atomic mass is 32.1. The molecule has 8 heteroatoms. The Labute approximate surface area is 156 Å². The van der Waals surface area contributed by atoms with Crippen LogP contribution in [0.3, 0.4) is 0 Å². The molecule has 0 aromatic carbocycles. The van der Waals surface area contributed by atoms with Crippen LogP contribution in [0.25, 0.3) is 21.6 Å². The van der Waals surface area contributed by atoms with Crippen molar-refractivity contribution in [3.05, 3.63) is 23.4 Å². The van der Waals surface area contributed by atoms with E-state index in [1.807, 2.05) is 19.1 Å². The van der Waals surface area contributed by atoms with E-state index in [9.17, 15) is 5.11 Å². The molecule has 26 heavy (non-hydrogen) atoms. The molecular weight excluding hydrogens is 350 g/mol. The Balaban J connectivity index is 1.93. The summed E-state index contributed by atoms with van der Waals surface area (Å²) in [6.45, 7) is 9.79. The molecule has 3 aromatic rings. The van der Waals surface area contributed by atoms with Crippen LogP contribution in [-0.2, 0) is 10.3 Å². The van der Waals surface area contributed by atoms with E-state index in [1.165, 1.54) is 11.5 Å². The van der Waals surface area contributed by atoms with Gasteiger partial charge in [0.1, 0.15) is 17.0 Å². The highest BCUT2D eigenvalue weighted by molar-refractivity contribution is 7.13. The summed E-state index contributed by atoms with van der Waals surface area (Å²) in [7, 11) is 0. The second-order valence-electron chi connectivity index (χ2n) is 7.34. The first-order chi connectivity index (χ1) is 12.3. The van der Waals surface area contributed by atoms with Crippen molar-refractivity contribution in [3.63, 3.8) is 0 Å². The number of aryl methyl sites for hydroxylation is 1. The van der Waals surface area contributed by atoms with Crippen LogP contribution in [-0.4, -0.2) is 50.5 Å². The first-order valence-corrected chi connectivity index (χ1v) is 9.52. The fourth-order valence-corrected chi connectivity index (χ4v) is 4.30. The van der Waals surface area contributed by atoms with Crippen LogP contribution in [0.2, 0.25) is 0 Å². The molecular formula is C18H23N5O2S. The van der Waals surface area contributed by atoms with Gasteiger partial charge in [-0.05, 0) is 51.4 Å². The number of H-pyrrole nitrogens is 1. The monoisotopic (exact) mass is 373 g/mol. The van der Waals surface area contributed by atoms with Gasteiger partial charge in [-0.2, -0.15) is 9.47 Å². The molecule has 1 fully saturated rings. The maximum Gasteiger partial charge on any atom is 0.130 e. The van der Waals surface area contributed by atoms with Gasteiger partial charge in [-0.3, -0.25) is 5.10 Å². The average molecular weight is 373 g/mol. The molecule has 0 spiro atoms. The van der Waals surface area contributed by atoms with Crippen LogP contribution in [0.1, 0.15) is 32.0 Å². The predicted molar refractivity (Wildman–Crippen MR) is 103 cm³/mol. The average Bonchev–Trinajstić information content (AvgIpc) is 3.19. The second-order valence-corrected chi connectivity index (χ2v) is 8.11. The van der Waals surface area contributed by atoms with E-state index in [1.54, 1.807) is 13.8 Å². The van der Waals surface area contributed by atoms with Crippen LogP contribution in [0.4, 0.5) is 5.82 Å². The lowest BCUT2D eigenvalue weighted by Gasteiger charge is -2.35. The minimum atomic E-state index is -0.987. The van der Waals surface area contributed by atoms with Gasteiger partial charge in [0.15, 0.2) is 0 Å². The molecule has 1 saturated heterocycles. The van der Waals surface area contributed by atoms with Crippen molar-refractivity contribution in [2.75, 3.05) is 24.7 Å². The van der Waals surface area contributed by atoms with Crippen molar-refractivity contribution < 1.29 is 9.84 Å². The third kappa shape index (κ3) is 2.98. The van der Waals surface area contributed by atoms with Gasteiger partial charge >= 0.3 is 0 Å². The summed E-state index contributed by atoms with van der Waals surface area (Å²) >= 11 is 1.36. The van der Waals surface area contributed by atoms with Crippen LogP contribution in [0.15, 0.2) is 12.1 Å². The van der Waals surface area contributed by atoms with Crippen LogP contribution in [0, 0.1) is 6.92 Å². The van der Waals surface area contributed by atoms with Crippen molar-refractivity contribution in [2.45, 2.75) is 39.3 Å². The van der Waals surface area contributed by atoms with E-state index >= 15 is 0 Å². The summed E-state index contributed by atoms with van der Waals surface area (Å²) in [5, 5.41) is 18.0. The molecule has 0 aliphatic carbocycles. The summed E-state index contributed by atoms with van der Waals surface area (Å²) in [5.74, 6) is 0.850. The number of aromatic amines is 1. The zero-order chi connectivity index (χ0) is 18.5. The van der Waals surface area contributed by atoms with Gasteiger partial charge in [0.25, 0.3) is 0 Å². The number of aromatic nitrogens is 4. The maximum atomic E-state index is 10.7. The molecule has 3 aromatic heterocycles. The lowest BCUT2D eigenvalue weighted by molar-refractivity contribution is 0.0801. The SMILES string of the molecule is Cc1cc(-c2nsc3c(C(C)(C)O)cc(N4CCOCC4C)nc23)[nH]n1. The fraction of sp³-hybridized carbons (Fsp3) is 0.500. The van der Waals surface area contributed by atoms with E-state index in [4.69, 9.17) is 9.72 Å². The number of nitrogens with zero attached hydrogens (tertiary/aromatic N) is 4. The topological polar surface area (TPSA) is 87.2 Å². The summed E-state index contributed by atoms with van der Waals surface area (Å²) in [4.78, 5) is 7.16. The molecule has 0 saturated carbocycles. The van der Waals surface area contributed by atoms with Crippen LogP contribution in [0.5, 0.6) is 0 Å². The predicted octanol–water partition coefficient (Wildman–Crippen LogP) is 2.84. The third-order valence-corrected chi connectivity index (χ3v) is 5.56. The molecule has 0 bridgehead atoms. The molecule has 4 heterocycles. The number of nitrogens with one attached hydrogen (secondary N) is 1. The molecule has 2 N–H and O–H groups in total. The van der Waals surface area contributed by atoms with E-state index in [0.717, 1.165) is 45.2 Å². The molecule has 138 valence electrons. The highest BCUT2D eigenvalue weighted by Crippen LogP contribution is 2.38. The lowest BCUT2D eigenvalue weighted by atomic mass is 9.98. The normalized spacial score (nSPS) is 18.7. The summed E-state index contributed by atoms with van der Waals surface area (Å²) in [5.41, 5.74) is 3.18. The Hall–Kier alpha value is -2.03. The van der Waals surface area contributed by atoms with Crippen molar-refractivity contribution in [3.8, 4) is 11.4 Å². The minimum Gasteiger partial charge on any atom is -0.386 e. The smallest absolute Gasteiger partial charge is 0.130 e. The van der Waals surface area contributed by atoms with Crippen molar-refractivity contribution in [1.82, 2.24) is 19.6 Å². The zero-order valence-corrected chi connectivity index (χ0v) is 16.2. The van der Waals surface area contributed by atoms with E-state index in [0.29, 0.717) is 13.2 Å². The standard InChI is InChI=1S/C18H23N5O2S/c1-10-7-13(21-20-10)15-16-17(26-22-15)12(18(3,4)24)8-14(19-16)23-5-6-25-9-11(23)2/h7-8,11,24H,5-6,9H2,1-4H3,(H,20,21). The first-order valence-electron chi connectivity index (χ1n) is 8.74. The van der Waals surface area contributed by atoms with Crippen molar-refractivity contribution >= 4 is 27.6 Å². The van der Waals surface area contributed by atoms with E-state index < -0.39 is 5.60 Å². The van der Waals surface area contributed by atoms with Gasteiger partial charge in [0.05, 0.1) is 40.9 Å². The van der Waals surface area contributed by atoms with Crippen LogP contribution >= 0.6 is 11.5 Å². The Bertz CT molecular complexity index is 943. The molecule has 7 nitrogen and oxygen atoms in total. The third-order valence-electron chi connectivity index (χ3n) is 4.69. The van der Waals surface area contributed by atoms with Crippen molar-refractivity contribution in [1.29, 1.82) is 0 Å². The summed E-state index contributed by atoms with van der Waals surface area (Å²) in [6.07, 6.45) is 0. The molecule has 4 rings (SSSR count). The van der Waals surface area contributed by atoms with Gasteiger partial charge in [-0.1, -0.05) is 0 Å². The number of aliphatic hydroxyl groups is 1. The molecule has 1 atom stereocenters. The zero-order valence-electron chi connectivity index (χ0n) is 15.4.